The van der Waals surface area contributed by atoms with Crippen LogP contribution in [0.2, 0.25) is 0 Å². The molecule has 0 bridgehead atoms. The summed E-state index contributed by atoms with van der Waals surface area (Å²) in [7, 11) is 1.28. The molecule has 3 nitrogen and oxygen atoms in total. The molecule has 0 saturated carbocycles. The van der Waals surface area contributed by atoms with Crippen molar-refractivity contribution in [2.45, 2.75) is 26.2 Å². The highest BCUT2D eigenvalue weighted by atomic mass is 16.5. The largest absolute Gasteiger partial charge is 0.468 e. The van der Waals surface area contributed by atoms with Crippen molar-refractivity contribution in [3.8, 4) is 0 Å². The average molecular weight is 210 g/mol. The van der Waals surface area contributed by atoms with Crippen LogP contribution in [0.15, 0.2) is 24.8 Å². The molecule has 0 N–H and O–H groups in total. The van der Waals surface area contributed by atoms with Gasteiger partial charge in [-0.1, -0.05) is 11.6 Å². The van der Waals surface area contributed by atoms with Gasteiger partial charge in [0.05, 0.1) is 7.11 Å². The number of ketones is 1. The lowest BCUT2D eigenvalue weighted by atomic mass is 9.96. The van der Waals surface area contributed by atoms with Crippen LogP contribution < -0.4 is 0 Å². The van der Waals surface area contributed by atoms with Crippen LogP contribution >= 0.6 is 0 Å². The van der Waals surface area contributed by atoms with Crippen LogP contribution in [0.5, 0.6) is 0 Å². The van der Waals surface area contributed by atoms with Gasteiger partial charge in [-0.2, -0.15) is 0 Å². The molecule has 3 heteroatoms. The monoisotopic (exact) mass is 210 g/mol. The molecule has 0 fully saturated rings. The molecule has 0 aromatic carbocycles. The highest BCUT2D eigenvalue weighted by Gasteiger charge is 2.25. The van der Waals surface area contributed by atoms with Gasteiger partial charge in [0.15, 0.2) is 0 Å². The standard InChI is InChI=1S/C12H18O3/c1-5-6-10(12(14)15-4)11(13)8-7-9(2)3/h5,10H,1-2,6-8H2,3-4H3. The summed E-state index contributed by atoms with van der Waals surface area (Å²) < 4.78 is 4.56. The maximum Gasteiger partial charge on any atom is 0.316 e. The topological polar surface area (TPSA) is 43.4 Å². The first-order valence-corrected chi connectivity index (χ1v) is 4.88. The van der Waals surface area contributed by atoms with Crippen LogP contribution in [-0.2, 0) is 14.3 Å². The summed E-state index contributed by atoms with van der Waals surface area (Å²) in [6.07, 6.45) is 2.84. The number of hydrogen-bond donors (Lipinski definition) is 0. The molecule has 0 aromatic rings. The minimum Gasteiger partial charge on any atom is -0.468 e. The first-order chi connectivity index (χ1) is 7.02. The molecule has 0 aliphatic carbocycles. The van der Waals surface area contributed by atoms with E-state index in [0.717, 1.165) is 5.57 Å². The Balaban J connectivity index is 4.34. The van der Waals surface area contributed by atoms with Crippen molar-refractivity contribution in [3.63, 3.8) is 0 Å². The highest BCUT2D eigenvalue weighted by Crippen LogP contribution is 2.13. The normalized spacial score (nSPS) is 11.6. The van der Waals surface area contributed by atoms with Crippen LogP contribution in [0, 0.1) is 5.92 Å². The molecule has 0 amide bonds. The van der Waals surface area contributed by atoms with Crippen molar-refractivity contribution >= 4 is 11.8 Å². The molecular formula is C12H18O3. The summed E-state index contributed by atoms with van der Waals surface area (Å²) in [6, 6.07) is 0. The van der Waals surface area contributed by atoms with Crippen LogP contribution in [0.25, 0.3) is 0 Å². The van der Waals surface area contributed by atoms with Crippen molar-refractivity contribution in [2.24, 2.45) is 5.92 Å². The van der Waals surface area contributed by atoms with Crippen molar-refractivity contribution in [2.75, 3.05) is 7.11 Å². The molecule has 0 saturated heterocycles. The summed E-state index contributed by atoms with van der Waals surface area (Å²) in [5.74, 6) is -1.29. The average Bonchev–Trinajstić information content (AvgIpc) is 2.21. The molecular weight excluding hydrogens is 192 g/mol. The zero-order chi connectivity index (χ0) is 11.8. The van der Waals surface area contributed by atoms with E-state index < -0.39 is 11.9 Å². The molecule has 15 heavy (non-hydrogen) atoms. The van der Waals surface area contributed by atoms with Crippen molar-refractivity contribution < 1.29 is 14.3 Å². The second-order valence-corrected chi connectivity index (χ2v) is 3.52. The molecule has 0 rings (SSSR count). The fraction of sp³-hybridized carbons (Fsp3) is 0.500. The third-order valence-electron chi connectivity index (χ3n) is 2.07. The summed E-state index contributed by atoms with van der Waals surface area (Å²) in [4.78, 5) is 22.9. The highest BCUT2D eigenvalue weighted by molar-refractivity contribution is 5.99. The number of rotatable bonds is 7. The first kappa shape index (κ1) is 13.6. The first-order valence-electron chi connectivity index (χ1n) is 4.88. The lowest BCUT2D eigenvalue weighted by Gasteiger charge is -2.11. The number of Topliss-reactive ketones (excluding diaryl/α,β-unsaturated/α-hetero) is 1. The van der Waals surface area contributed by atoms with Gasteiger partial charge in [0.2, 0.25) is 0 Å². The van der Waals surface area contributed by atoms with E-state index in [2.05, 4.69) is 17.9 Å². The Labute approximate surface area is 90.8 Å². The fourth-order valence-corrected chi connectivity index (χ4v) is 1.18. The Hall–Kier alpha value is -1.38. The van der Waals surface area contributed by atoms with Crippen molar-refractivity contribution in [1.82, 2.24) is 0 Å². The summed E-state index contributed by atoms with van der Waals surface area (Å²) >= 11 is 0. The molecule has 0 spiro atoms. The van der Waals surface area contributed by atoms with E-state index in [-0.39, 0.29) is 5.78 Å². The molecule has 0 aliphatic rings. The van der Waals surface area contributed by atoms with Gasteiger partial charge >= 0.3 is 5.97 Å². The van der Waals surface area contributed by atoms with E-state index in [1.54, 1.807) is 6.08 Å². The van der Waals surface area contributed by atoms with Crippen LogP contribution in [-0.4, -0.2) is 18.9 Å². The van der Waals surface area contributed by atoms with Crippen molar-refractivity contribution in [3.05, 3.63) is 24.8 Å². The Bertz CT molecular complexity index is 266. The second kappa shape index (κ2) is 6.98. The van der Waals surface area contributed by atoms with Crippen LogP contribution in [0.4, 0.5) is 0 Å². The zero-order valence-corrected chi connectivity index (χ0v) is 9.41. The maximum atomic E-state index is 11.6. The minimum absolute atomic E-state index is 0.107. The number of allylic oxidation sites excluding steroid dienone is 2. The van der Waals surface area contributed by atoms with Gasteiger partial charge in [-0.05, 0) is 19.8 Å². The summed E-state index contributed by atoms with van der Waals surface area (Å²) in [5.41, 5.74) is 0.936. The molecule has 0 radical (unpaired) electrons. The predicted molar refractivity (Wildman–Crippen MR) is 59.4 cm³/mol. The third kappa shape index (κ3) is 5.15. The smallest absolute Gasteiger partial charge is 0.316 e. The van der Waals surface area contributed by atoms with Gasteiger partial charge in [0.25, 0.3) is 0 Å². The van der Waals surface area contributed by atoms with E-state index >= 15 is 0 Å². The van der Waals surface area contributed by atoms with Gasteiger partial charge in [0.1, 0.15) is 11.7 Å². The number of methoxy groups -OCH3 is 1. The van der Waals surface area contributed by atoms with Crippen molar-refractivity contribution in [1.29, 1.82) is 0 Å². The number of ether oxygens (including phenoxy) is 1. The Kier molecular flexibility index (Phi) is 6.34. The summed E-state index contributed by atoms with van der Waals surface area (Å²) in [5, 5.41) is 0. The molecule has 84 valence electrons. The lowest BCUT2D eigenvalue weighted by Crippen LogP contribution is -2.24. The quantitative estimate of drug-likeness (QED) is 0.368. The third-order valence-corrected chi connectivity index (χ3v) is 2.07. The SMILES string of the molecule is C=CCC(C(=O)CCC(=C)C)C(=O)OC. The van der Waals surface area contributed by atoms with Gasteiger partial charge in [-0.15, -0.1) is 13.2 Å². The van der Waals surface area contributed by atoms with E-state index in [4.69, 9.17) is 0 Å². The van der Waals surface area contributed by atoms with E-state index in [1.165, 1.54) is 7.11 Å². The number of esters is 1. The van der Waals surface area contributed by atoms with E-state index in [0.29, 0.717) is 19.3 Å². The molecule has 1 atom stereocenters. The van der Waals surface area contributed by atoms with E-state index in [1.807, 2.05) is 6.92 Å². The molecule has 0 aromatic heterocycles. The number of hydrogen-bond acceptors (Lipinski definition) is 3. The lowest BCUT2D eigenvalue weighted by molar-refractivity contribution is -0.149. The molecule has 1 unspecified atom stereocenters. The fourth-order valence-electron chi connectivity index (χ4n) is 1.18. The van der Waals surface area contributed by atoms with Gasteiger partial charge in [-0.3, -0.25) is 9.59 Å². The Morgan fingerprint density at radius 2 is 2.00 bits per heavy atom. The second-order valence-electron chi connectivity index (χ2n) is 3.52. The van der Waals surface area contributed by atoms with Gasteiger partial charge in [0, 0.05) is 6.42 Å². The Morgan fingerprint density at radius 3 is 2.40 bits per heavy atom. The van der Waals surface area contributed by atoms with Crippen LogP contribution in [0.3, 0.4) is 0 Å². The summed E-state index contributed by atoms with van der Waals surface area (Å²) in [6.45, 7) is 9.08. The van der Waals surface area contributed by atoms with Crippen LogP contribution in [0.1, 0.15) is 26.2 Å². The number of carbonyl (C=O) groups excluding carboxylic acids is 2. The van der Waals surface area contributed by atoms with E-state index in [9.17, 15) is 9.59 Å². The van der Waals surface area contributed by atoms with Gasteiger partial charge in [-0.25, -0.2) is 0 Å². The molecule has 0 heterocycles. The van der Waals surface area contributed by atoms with Gasteiger partial charge < -0.3 is 4.74 Å². The minimum atomic E-state index is -0.702. The molecule has 0 aliphatic heterocycles. The Morgan fingerprint density at radius 1 is 1.40 bits per heavy atom. The maximum absolute atomic E-state index is 11.6. The zero-order valence-electron chi connectivity index (χ0n) is 9.41. The number of carbonyl (C=O) groups is 2. The predicted octanol–water partition coefficient (Wildman–Crippen LogP) is 2.28.